The Bertz CT molecular complexity index is 761. The second-order valence-electron chi connectivity index (χ2n) is 11.9. The van der Waals surface area contributed by atoms with Crippen molar-refractivity contribution < 1.29 is 23.9 Å². The van der Waals surface area contributed by atoms with Crippen LogP contribution in [0.4, 0.5) is 0 Å². The molecule has 0 unspecified atom stereocenters. The van der Waals surface area contributed by atoms with Crippen LogP contribution in [0.1, 0.15) is 91.9 Å². The molecule has 0 aromatic rings. The van der Waals surface area contributed by atoms with Gasteiger partial charge in [0.1, 0.15) is 11.9 Å². The van der Waals surface area contributed by atoms with Crippen LogP contribution in [0.15, 0.2) is 0 Å². The van der Waals surface area contributed by atoms with Gasteiger partial charge >= 0.3 is 11.9 Å². The van der Waals surface area contributed by atoms with Gasteiger partial charge in [0, 0.05) is 31.6 Å². The lowest BCUT2D eigenvalue weighted by Gasteiger charge is -2.62. The van der Waals surface area contributed by atoms with Gasteiger partial charge in [-0.2, -0.15) is 0 Å². The summed E-state index contributed by atoms with van der Waals surface area (Å²) in [5.74, 6) is 3.16. The number of rotatable bonds is 5. The van der Waals surface area contributed by atoms with Crippen molar-refractivity contribution in [3.63, 3.8) is 0 Å². The van der Waals surface area contributed by atoms with Crippen molar-refractivity contribution in [2.75, 3.05) is 7.11 Å². The Hall–Kier alpha value is -1.39. The summed E-state index contributed by atoms with van der Waals surface area (Å²) in [6, 6.07) is 0. The van der Waals surface area contributed by atoms with Crippen LogP contribution in [0, 0.1) is 46.3 Å². The van der Waals surface area contributed by atoms with Crippen molar-refractivity contribution >= 4 is 17.7 Å². The molecule has 0 aromatic heterocycles. The summed E-state index contributed by atoms with van der Waals surface area (Å²) in [7, 11) is 1.45. The lowest BCUT2D eigenvalue weighted by atomic mass is 9.43. The zero-order valence-corrected chi connectivity index (χ0v) is 20.7. The minimum absolute atomic E-state index is 0.0456. The van der Waals surface area contributed by atoms with Gasteiger partial charge in [0.2, 0.25) is 0 Å². The summed E-state index contributed by atoms with van der Waals surface area (Å²) >= 11 is 0. The van der Waals surface area contributed by atoms with Gasteiger partial charge in [0.05, 0.1) is 7.11 Å². The molecule has 0 aliphatic heterocycles. The van der Waals surface area contributed by atoms with Crippen LogP contribution in [0.5, 0.6) is 0 Å². The van der Waals surface area contributed by atoms with Crippen molar-refractivity contribution in [3.8, 4) is 0 Å². The number of esters is 2. The average molecular weight is 447 g/mol. The number of methoxy groups -OCH3 is 1. The minimum atomic E-state index is -0.183. The summed E-state index contributed by atoms with van der Waals surface area (Å²) in [6.07, 6.45) is 9.27. The molecule has 4 aliphatic rings. The van der Waals surface area contributed by atoms with Gasteiger partial charge < -0.3 is 9.47 Å². The number of ketones is 1. The van der Waals surface area contributed by atoms with E-state index in [0.29, 0.717) is 54.1 Å². The SMILES string of the molecule is COC(=O)CC[C@@H](C)[C@@H]1CC[C@@H]2[C@@H]3CC[C@@H]4CC(=O)CC[C@]4(C)[C@@H]3C[C@@H](OC(C)=O)[C@]21C. The summed E-state index contributed by atoms with van der Waals surface area (Å²) in [5, 5.41) is 0. The third kappa shape index (κ3) is 3.81. The summed E-state index contributed by atoms with van der Waals surface area (Å²) in [5.41, 5.74) is 0.140. The fourth-order valence-electron chi connectivity index (χ4n) is 8.97. The maximum Gasteiger partial charge on any atom is 0.305 e. The number of carbonyl (C=O) groups excluding carboxylic acids is 3. The van der Waals surface area contributed by atoms with Crippen LogP contribution >= 0.6 is 0 Å². The van der Waals surface area contributed by atoms with Gasteiger partial charge in [-0.25, -0.2) is 0 Å². The summed E-state index contributed by atoms with van der Waals surface area (Å²) < 4.78 is 11.0. The van der Waals surface area contributed by atoms with Crippen LogP contribution in [0.2, 0.25) is 0 Å². The van der Waals surface area contributed by atoms with E-state index in [1.807, 2.05) is 0 Å². The van der Waals surface area contributed by atoms with Gasteiger partial charge in [-0.05, 0) is 85.9 Å². The predicted molar refractivity (Wildman–Crippen MR) is 122 cm³/mol. The number of hydrogen-bond donors (Lipinski definition) is 0. The fourth-order valence-corrected chi connectivity index (χ4v) is 8.97. The fraction of sp³-hybridized carbons (Fsp3) is 0.889. The zero-order valence-electron chi connectivity index (χ0n) is 20.7. The first-order chi connectivity index (χ1) is 15.1. The quantitative estimate of drug-likeness (QED) is 0.533. The van der Waals surface area contributed by atoms with Crippen molar-refractivity contribution in [1.29, 1.82) is 0 Å². The first-order valence-corrected chi connectivity index (χ1v) is 12.9. The minimum Gasteiger partial charge on any atom is -0.469 e. The van der Waals surface area contributed by atoms with Crippen LogP contribution < -0.4 is 0 Å². The van der Waals surface area contributed by atoms with E-state index >= 15 is 0 Å². The molecule has 32 heavy (non-hydrogen) atoms. The molecule has 4 fully saturated rings. The second-order valence-corrected chi connectivity index (χ2v) is 11.9. The first-order valence-electron chi connectivity index (χ1n) is 12.9. The standard InChI is InChI=1S/C27H42O5/c1-16(6-11-25(30)31-5)21-9-10-22-20-8-7-18-14-19(29)12-13-26(18,3)23(20)15-24(27(21,22)4)32-17(2)28/h16,18,20-24H,6-15H2,1-5H3/t16-,18-,20+,21+,22-,23-,24-,26+,27+/m1/s1. The molecule has 4 aliphatic carbocycles. The number of fused-ring (bicyclic) bond motifs is 5. The topological polar surface area (TPSA) is 69.7 Å². The maximum atomic E-state index is 12.2. The Kier molecular flexibility index (Phi) is 6.50. The zero-order chi connectivity index (χ0) is 23.3. The molecule has 180 valence electrons. The molecule has 9 atom stereocenters. The van der Waals surface area contributed by atoms with Crippen LogP contribution in [0.3, 0.4) is 0 Å². The molecular weight excluding hydrogens is 404 g/mol. The van der Waals surface area contributed by atoms with Gasteiger partial charge in [0.15, 0.2) is 0 Å². The smallest absolute Gasteiger partial charge is 0.305 e. The molecule has 4 saturated carbocycles. The Morgan fingerprint density at radius 3 is 2.56 bits per heavy atom. The van der Waals surface area contributed by atoms with Crippen LogP contribution in [-0.2, 0) is 23.9 Å². The molecule has 0 radical (unpaired) electrons. The third-order valence-corrected chi connectivity index (χ3v) is 10.7. The van der Waals surface area contributed by atoms with Gasteiger partial charge in [-0.3, -0.25) is 14.4 Å². The van der Waals surface area contributed by atoms with Gasteiger partial charge in [-0.15, -0.1) is 0 Å². The van der Waals surface area contributed by atoms with E-state index in [1.54, 1.807) is 6.92 Å². The molecule has 0 bridgehead atoms. The maximum absolute atomic E-state index is 12.2. The highest BCUT2D eigenvalue weighted by Gasteiger charge is 2.64. The summed E-state index contributed by atoms with van der Waals surface area (Å²) in [6.45, 7) is 8.62. The van der Waals surface area contributed by atoms with E-state index in [0.717, 1.165) is 38.5 Å². The van der Waals surface area contributed by atoms with Crippen molar-refractivity contribution in [2.24, 2.45) is 46.3 Å². The number of ether oxygens (including phenoxy) is 2. The van der Waals surface area contributed by atoms with Crippen molar-refractivity contribution in [3.05, 3.63) is 0 Å². The lowest BCUT2D eigenvalue weighted by Crippen LogP contribution is -2.59. The first kappa shape index (κ1) is 23.8. The van der Waals surface area contributed by atoms with E-state index in [-0.39, 0.29) is 28.9 Å². The van der Waals surface area contributed by atoms with E-state index in [1.165, 1.54) is 20.0 Å². The molecule has 0 saturated heterocycles. The van der Waals surface area contributed by atoms with Crippen molar-refractivity contribution in [2.45, 2.75) is 98.0 Å². The normalized spacial score (nSPS) is 44.1. The molecule has 0 aromatic carbocycles. The predicted octanol–water partition coefficient (Wildman–Crippen LogP) is 5.35. The average Bonchev–Trinajstić information content (AvgIpc) is 3.11. The molecule has 0 heterocycles. The molecule has 5 heteroatoms. The number of hydrogen-bond acceptors (Lipinski definition) is 5. The van der Waals surface area contributed by atoms with E-state index in [9.17, 15) is 14.4 Å². The molecule has 0 N–H and O–H groups in total. The Labute approximate surface area is 193 Å². The molecule has 4 rings (SSSR count). The highest BCUT2D eigenvalue weighted by Crippen LogP contribution is 2.68. The Balaban J connectivity index is 1.62. The molecule has 0 amide bonds. The van der Waals surface area contributed by atoms with Crippen LogP contribution in [-0.4, -0.2) is 30.9 Å². The molecular formula is C27H42O5. The number of carbonyl (C=O) groups is 3. The van der Waals surface area contributed by atoms with Gasteiger partial charge in [0.25, 0.3) is 0 Å². The number of Topliss-reactive ketones (excluding diaryl/α,β-unsaturated/α-hetero) is 1. The molecule has 0 spiro atoms. The highest BCUT2D eigenvalue weighted by atomic mass is 16.5. The van der Waals surface area contributed by atoms with E-state index in [4.69, 9.17) is 9.47 Å². The van der Waals surface area contributed by atoms with E-state index < -0.39 is 0 Å². The van der Waals surface area contributed by atoms with Crippen molar-refractivity contribution in [1.82, 2.24) is 0 Å². The molecule has 5 nitrogen and oxygen atoms in total. The van der Waals surface area contributed by atoms with Crippen LogP contribution in [0.25, 0.3) is 0 Å². The third-order valence-electron chi connectivity index (χ3n) is 10.7. The Morgan fingerprint density at radius 1 is 1.12 bits per heavy atom. The van der Waals surface area contributed by atoms with E-state index in [2.05, 4.69) is 20.8 Å². The lowest BCUT2D eigenvalue weighted by molar-refractivity contribution is -0.193. The van der Waals surface area contributed by atoms with Gasteiger partial charge in [-0.1, -0.05) is 20.8 Å². The summed E-state index contributed by atoms with van der Waals surface area (Å²) in [4.78, 5) is 36.2. The monoisotopic (exact) mass is 446 g/mol. The highest BCUT2D eigenvalue weighted by molar-refractivity contribution is 5.79. The Morgan fingerprint density at radius 2 is 1.88 bits per heavy atom. The largest absolute Gasteiger partial charge is 0.469 e. The second kappa shape index (κ2) is 8.76.